The van der Waals surface area contributed by atoms with Crippen LogP contribution in [0.4, 0.5) is 10.2 Å². The van der Waals surface area contributed by atoms with Gasteiger partial charge in [-0.1, -0.05) is 25.1 Å². The molecule has 0 radical (unpaired) electrons. The van der Waals surface area contributed by atoms with E-state index in [4.69, 9.17) is 10.5 Å². The number of likely N-dealkylation sites (N-methyl/N-ethyl adjacent to an activating group) is 1. The molecule has 9 nitrogen and oxygen atoms in total. The standard InChI is InChI=1S/C30H31FN6O3/c1-2-35-16-14-20(35)9-12-26(38)36-15-13-19(17-36)23-18-37(28-27(23)30(39)34-33-29(28)32)21-7-10-22(11-8-21)40-25-6-4-3-5-24(25)31/h3-12,18-20H,2,13-17H2,1H3,(H2,32,33)(H,34,39)/b12-9+/t19-,20+/m1/s1. The molecule has 2 atom stereocenters. The highest BCUT2D eigenvalue weighted by Gasteiger charge is 2.31. The van der Waals surface area contributed by atoms with E-state index in [0.29, 0.717) is 35.8 Å². The van der Waals surface area contributed by atoms with E-state index >= 15 is 0 Å². The average molecular weight is 543 g/mol. The van der Waals surface area contributed by atoms with E-state index in [1.165, 1.54) is 6.07 Å². The minimum atomic E-state index is -0.448. The molecule has 4 aromatic rings. The Balaban J connectivity index is 1.26. The summed E-state index contributed by atoms with van der Waals surface area (Å²) >= 11 is 0. The summed E-state index contributed by atoms with van der Waals surface area (Å²) in [5.74, 6) is 0.322. The lowest BCUT2D eigenvalue weighted by Gasteiger charge is -2.38. The van der Waals surface area contributed by atoms with E-state index in [9.17, 15) is 14.0 Å². The van der Waals surface area contributed by atoms with Crippen molar-refractivity contribution in [3.63, 3.8) is 0 Å². The molecule has 3 N–H and O–H groups in total. The SMILES string of the molecule is CCN1CC[C@@H]1/C=C/C(=O)N1CC[C@@H](c2cn(-c3ccc(Oc4ccccc4F)cc3)c3c(N)n[nH]c(=O)c23)C1. The third-order valence-electron chi connectivity index (χ3n) is 7.95. The highest BCUT2D eigenvalue weighted by Crippen LogP contribution is 2.36. The maximum Gasteiger partial charge on any atom is 0.274 e. The lowest BCUT2D eigenvalue weighted by Crippen LogP contribution is -2.46. The van der Waals surface area contributed by atoms with Crippen LogP contribution in [-0.2, 0) is 4.79 Å². The van der Waals surface area contributed by atoms with E-state index in [1.807, 2.05) is 33.9 Å². The third-order valence-corrected chi connectivity index (χ3v) is 7.95. The summed E-state index contributed by atoms with van der Waals surface area (Å²) in [6.07, 6.45) is 7.42. The number of fused-ring (bicyclic) bond motifs is 1. The Labute approximate surface area is 230 Å². The number of nitrogens with zero attached hydrogens (tertiary/aromatic N) is 4. The van der Waals surface area contributed by atoms with Gasteiger partial charge in [-0.15, -0.1) is 0 Å². The summed E-state index contributed by atoms with van der Waals surface area (Å²) in [6, 6.07) is 13.6. The van der Waals surface area contributed by atoms with Gasteiger partial charge in [-0.05, 0) is 61.3 Å². The van der Waals surface area contributed by atoms with Crippen LogP contribution in [0, 0.1) is 5.82 Å². The Morgan fingerprint density at radius 2 is 1.98 bits per heavy atom. The fourth-order valence-corrected chi connectivity index (χ4v) is 5.66. The Hall–Kier alpha value is -4.44. The molecule has 4 heterocycles. The minimum Gasteiger partial charge on any atom is -0.454 e. The number of nitrogens with one attached hydrogen (secondary N) is 1. The second-order valence-corrected chi connectivity index (χ2v) is 10.3. The van der Waals surface area contributed by atoms with Crippen LogP contribution in [0.3, 0.4) is 0 Å². The van der Waals surface area contributed by atoms with Gasteiger partial charge in [0.1, 0.15) is 11.3 Å². The maximum absolute atomic E-state index is 14.0. The molecular weight excluding hydrogens is 511 g/mol. The molecule has 2 aliphatic heterocycles. The Kier molecular flexibility index (Phi) is 6.85. The van der Waals surface area contributed by atoms with Gasteiger partial charge in [-0.3, -0.25) is 14.5 Å². The zero-order valence-corrected chi connectivity index (χ0v) is 22.2. The number of ether oxygens (including phenoxy) is 1. The summed E-state index contributed by atoms with van der Waals surface area (Å²) in [5.41, 5.74) is 8.01. The van der Waals surface area contributed by atoms with Crippen LogP contribution in [0.2, 0.25) is 0 Å². The molecule has 10 heteroatoms. The first kappa shape index (κ1) is 25.8. The number of rotatable bonds is 7. The second kappa shape index (κ2) is 10.6. The van der Waals surface area contributed by atoms with Crippen LogP contribution in [0.1, 0.15) is 31.2 Å². The number of carbonyl (C=O) groups is 1. The molecule has 6 rings (SSSR count). The third kappa shape index (κ3) is 4.75. The van der Waals surface area contributed by atoms with Gasteiger partial charge < -0.3 is 19.9 Å². The fraction of sp³-hybridized carbons (Fsp3) is 0.300. The molecule has 206 valence electrons. The van der Waals surface area contributed by atoms with Crippen molar-refractivity contribution < 1.29 is 13.9 Å². The summed E-state index contributed by atoms with van der Waals surface area (Å²) < 4.78 is 21.5. The van der Waals surface area contributed by atoms with Crippen molar-refractivity contribution in [3.8, 4) is 17.2 Å². The van der Waals surface area contributed by atoms with Crippen molar-refractivity contribution in [1.82, 2.24) is 24.6 Å². The summed E-state index contributed by atoms with van der Waals surface area (Å²) in [5, 5.41) is 6.98. The highest BCUT2D eigenvalue weighted by atomic mass is 19.1. The van der Waals surface area contributed by atoms with Gasteiger partial charge >= 0.3 is 0 Å². The molecule has 2 saturated heterocycles. The van der Waals surface area contributed by atoms with Gasteiger partial charge in [0.25, 0.3) is 5.56 Å². The quantitative estimate of drug-likeness (QED) is 0.339. The first-order valence-electron chi connectivity index (χ1n) is 13.6. The van der Waals surface area contributed by atoms with Crippen LogP contribution >= 0.6 is 0 Å². The van der Waals surface area contributed by atoms with Crippen molar-refractivity contribution in [2.45, 2.75) is 31.7 Å². The van der Waals surface area contributed by atoms with Crippen molar-refractivity contribution in [3.05, 3.63) is 88.6 Å². The van der Waals surface area contributed by atoms with Gasteiger partial charge in [0.05, 0.1) is 5.39 Å². The monoisotopic (exact) mass is 542 g/mol. The Morgan fingerprint density at radius 1 is 1.18 bits per heavy atom. The smallest absolute Gasteiger partial charge is 0.274 e. The number of benzene rings is 2. The van der Waals surface area contributed by atoms with Gasteiger partial charge in [0.2, 0.25) is 5.91 Å². The number of hydrogen-bond acceptors (Lipinski definition) is 6. The largest absolute Gasteiger partial charge is 0.454 e. The molecule has 2 aliphatic rings. The average Bonchev–Trinajstić information content (AvgIpc) is 3.59. The van der Waals surface area contributed by atoms with Crippen molar-refractivity contribution in [1.29, 1.82) is 0 Å². The molecule has 2 fully saturated rings. The number of aromatic nitrogens is 3. The number of nitrogens with two attached hydrogens (primary N) is 1. The van der Waals surface area contributed by atoms with Crippen LogP contribution < -0.4 is 16.0 Å². The van der Waals surface area contributed by atoms with Gasteiger partial charge in [-0.2, -0.15) is 5.10 Å². The molecule has 1 amide bonds. The lowest BCUT2D eigenvalue weighted by molar-refractivity contribution is -0.125. The number of likely N-dealkylation sites (tertiary alicyclic amines) is 2. The predicted molar refractivity (Wildman–Crippen MR) is 151 cm³/mol. The molecular formula is C30H31FN6O3. The topological polar surface area (TPSA) is 109 Å². The van der Waals surface area contributed by atoms with Crippen LogP contribution in [0.25, 0.3) is 16.6 Å². The number of hydrogen-bond donors (Lipinski definition) is 2. The number of halogens is 1. The minimum absolute atomic E-state index is 0.00489. The first-order chi connectivity index (χ1) is 19.4. The normalized spacial score (nSPS) is 19.4. The number of H-pyrrole nitrogens is 1. The molecule has 0 aliphatic carbocycles. The Morgan fingerprint density at radius 3 is 2.70 bits per heavy atom. The maximum atomic E-state index is 14.0. The van der Waals surface area contributed by atoms with Crippen molar-refractivity contribution in [2.75, 3.05) is 31.9 Å². The van der Waals surface area contributed by atoms with Gasteiger partial charge in [-0.25, -0.2) is 9.49 Å². The lowest BCUT2D eigenvalue weighted by atomic mass is 9.99. The van der Waals surface area contributed by atoms with Gasteiger partial charge in [0.15, 0.2) is 17.4 Å². The number of carbonyl (C=O) groups excluding carboxylic acids is 1. The van der Waals surface area contributed by atoms with E-state index in [0.717, 1.165) is 37.2 Å². The summed E-state index contributed by atoms with van der Waals surface area (Å²) in [6.45, 7) is 5.31. The van der Waals surface area contributed by atoms with E-state index in [2.05, 4.69) is 22.0 Å². The van der Waals surface area contributed by atoms with Crippen molar-refractivity contribution in [2.24, 2.45) is 0 Å². The molecule has 0 unspecified atom stereocenters. The van der Waals surface area contributed by atoms with E-state index in [-0.39, 0.29) is 29.0 Å². The van der Waals surface area contributed by atoms with Crippen LogP contribution in [-0.4, -0.2) is 62.7 Å². The summed E-state index contributed by atoms with van der Waals surface area (Å²) in [7, 11) is 0. The van der Waals surface area contributed by atoms with Crippen molar-refractivity contribution >= 4 is 22.6 Å². The molecule has 0 spiro atoms. The van der Waals surface area contributed by atoms with Crippen LogP contribution in [0.15, 0.2) is 71.7 Å². The zero-order valence-electron chi connectivity index (χ0n) is 22.2. The van der Waals surface area contributed by atoms with E-state index in [1.54, 1.807) is 36.4 Å². The molecule has 0 bridgehead atoms. The number of amides is 1. The number of aromatic amines is 1. The molecule has 0 saturated carbocycles. The Bertz CT molecular complexity index is 1640. The fourth-order valence-electron chi connectivity index (χ4n) is 5.66. The number of anilines is 1. The zero-order chi connectivity index (χ0) is 27.8. The van der Waals surface area contributed by atoms with Crippen LogP contribution in [0.5, 0.6) is 11.5 Å². The summed E-state index contributed by atoms with van der Waals surface area (Å²) in [4.78, 5) is 30.1. The molecule has 2 aromatic heterocycles. The first-order valence-corrected chi connectivity index (χ1v) is 13.6. The highest BCUT2D eigenvalue weighted by molar-refractivity contribution is 5.93. The molecule has 2 aromatic carbocycles. The van der Waals surface area contributed by atoms with Gasteiger partial charge in [0, 0.05) is 49.6 Å². The number of para-hydroxylation sites is 1. The number of nitrogen functional groups attached to an aromatic ring is 1. The van der Waals surface area contributed by atoms with E-state index < -0.39 is 5.82 Å². The second-order valence-electron chi connectivity index (χ2n) is 10.3. The predicted octanol–water partition coefficient (Wildman–Crippen LogP) is 4.19. The molecule has 40 heavy (non-hydrogen) atoms.